The van der Waals surface area contributed by atoms with Crippen LogP contribution in [-0.2, 0) is 0 Å². The van der Waals surface area contributed by atoms with Gasteiger partial charge >= 0.3 is 0 Å². The molecule has 4 nitrogen and oxygen atoms in total. The van der Waals surface area contributed by atoms with Gasteiger partial charge in [0.25, 0.3) is 0 Å². The standard InChI is InChI=1S/C10H11BrO4/c11-9-3-1-2-7(4-12)10(9)15-6-8(14)5-13/h1-4,8,13-14H,5-6H2. The quantitative estimate of drug-likeness (QED) is 0.786. The van der Waals surface area contributed by atoms with E-state index in [2.05, 4.69) is 15.9 Å². The molecule has 1 aromatic carbocycles. The fourth-order valence-corrected chi connectivity index (χ4v) is 1.50. The minimum atomic E-state index is -0.948. The lowest BCUT2D eigenvalue weighted by molar-refractivity contribution is 0.0530. The SMILES string of the molecule is O=Cc1cccc(Br)c1OCC(O)CO. The Balaban J connectivity index is 2.78. The zero-order valence-corrected chi connectivity index (χ0v) is 9.48. The van der Waals surface area contributed by atoms with Crippen LogP contribution >= 0.6 is 15.9 Å². The molecule has 0 amide bonds. The fourth-order valence-electron chi connectivity index (χ4n) is 1.00. The van der Waals surface area contributed by atoms with Gasteiger partial charge in [-0.2, -0.15) is 0 Å². The molecule has 0 heterocycles. The normalized spacial score (nSPS) is 12.2. The van der Waals surface area contributed by atoms with Crippen LogP contribution in [0.3, 0.4) is 0 Å². The molecule has 0 aliphatic carbocycles. The van der Waals surface area contributed by atoms with E-state index in [0.29, 0.717) is 22.1 Å². The van der Waals surface area contributed by atoms with Crippen LogP contribution in [0.1, 0.15) is 10.4 Å². The van der Waals surface area contributed by atoms with E-state index in [1.165, 1.54) is 0 Å². The Kier molecular flexibility index (Phi) is 4.74. The van der Waals surface area contributed by atoms with Crippen molar-refractivity contribution in [3.63, 3.8) is 0 Å². The molecule has 0 fully saturated rings. The van der Waals surface area contributed by atoms with Gasteiger partial charge in [0.2, 0.25) is 0 Å². The van der Waals surface area contributed by atoms with Gasteiger partial charge in [0.15, 0.2) is 6.29 Å². The van der Waals surface area contributed by atoms with Crippen LogP contribution in [0.15, 0.2) is 22.7 Å². The number of para-hydroxylation sites is 1. The Bertz CT molecular complexity index is 340. The second kappa shape index (κ2) is 5.85. The third-order valence-electron chi connectivity index (χ3n) is 1.76. The molecule has 1 rings (SSSR count). The largest absolute Gasteiger partial charge is 0.489 e. The number of benzene rings is 1. The van der Waals surface area contributed by atoms with Gasteiger partial charge in [0.1, 0.15) is 18.5 Å². The van der Waals surface area contributed by atoms with Crippen LogP contribution < -0.4 is 4.74 Å². The van der Waals surface area contributed by atoms with Gasteiger partial charge in [0.05, 0.1) is 16.6 Å². The summed E-state index contributed by atoms with van der Waals surface area (Å²) in [5.74, 6) is 0.375. The monoisotopic (exact) mass is 274 g/mol. The highest BCUT2D eigenvalue weighted by Crippen LogP contribution is 2.27. The number of carbonyl (C=O) groups excluding carboxylic acids is 1. The third kappa shape index (κ3) is 3.30. The minimum Gasteiger partial charge on any atom is -0.489 e. The first-order valence-corrected chi connectivity index (χ1v) is 5.13. The van der Waals surface area contributed by atoms with Gasteiger partial charge in [-0.15, -0.1) is 0 Å². The summed E-state index contributed by atoms with van der Waals surface area (Å²) >= 11 is 3.23. The molecule has 0 aromatic heterocycles. The van der Waals surface area contributed by atoms with Crippen molar-refractivity contribution in [1.82, 2.24) is 0 Å². The highest BCUT2D eigenvalue weighted by molar-refractivity contribution is 9.10. The number of aldehydes is 1. The van der Waals surface area contributed by atoms with Crippen molar-refractivity contribution in [2.24, 2.45) is 0 Å². The summed E-state index contributed by atoms with van der Waals surface area (Å²) in [5.41, 5.74) is 0.398. The Morgan fingerprint density at radius 3 is 2.87 bits per heavy atom. The molecule has 82 valence electrons. The molecule has 0 aliphatic rings. The molecule has 2 N–H and O–H groups in total. The summed E-state index contributed by atoms with van der Waals surface area (Å²) in [5, 5.41) is 17.7. The van der Waals surface area contributed by atoms with Crippen molar-refractivity contribution in [3.8, 4) is 5.75 Å². The van der Waals surface area contributed by atoms with Crippen molar-refractivity contribution < 1.29 is 19.7 Å². The summed E-state index contributed by atoms with van der Waals surface area (Å²) in [7, 11) is 0. The molecule has 1 atom stereocenters. The maximum Gasteiger partial charge on any atom is 0.153 e. The van der Waals surface area contributed by atoms with E-state index in [1.807, 2.05) is 0 Å². The summed E-state index contributed by atoms with van der Waals surface area (Å²) in [6, 6.07) is 5.05. The van der Waals surface area contributed by atoms with E-state index < -0.39 is 6.10 Å². The topological polar surface area (TPSA) is 66.8 Å². The molecular weight excluding hydrogens is 264 g/mol. The first kappa shape index (κ1) is 12.2. The molecule has 0 saturated heterocycles. The van der Waals surface area contributed by atoms with Crippen LogP contribution in [0, 0.1) is 0 Å². The maximum absolute atomic E-state index is 10.7. The maximum atomic E-state index is 10.7. The Hall–Kier alpha value is -0.910. The Morgan fingerprint density at radius 2 is 2.27 bits per heavy atom. The predicted octanol–water partition coefficient (Wildman–Crippen LogP) is 0.994. The molecule has 0 radical (unpaired) electrons. The van der Waals surface area contributed by atoms with Crippen molar-refractivity contribution >= 4 is 22.2 Å². The van der Waals surface area contributed by atoms with Crippen LogP contribution in [0.25, 0.3) is 0 Å². The summed E-state index contributed by atoms with van der Waals surface area (Å²) in [4.78, 5) is 10.7. The van der Waals surface area contributed by atoms with Gasteiger partial charge in [-0.3, -0.25) is 4.79 Å². The Labute approximate surface area is 95.6 Å². The third-order valence-corrected chi connectivity index (χ3v) is 2.38. The summed E-state index contributed by atoms with van der Waals surface area (Å²) in [6.45, 7) is -0.430. The highest BCUT2D eigenvalue weighted by Gasteiger charge is 2.09. The first-order valence-electron chi connectivity index (χ1n) is 4.34. The molecule has 1 aromatic rings. The Morgan fingerprint density at radius 1 is 1.53 bits per heavy atom. The summed E-state index contributed by atoms with van der Waals surface area (Å²) < 4.78 is 5.86. The molecule has 5 heteroatoms. The lowest BCUT2D eigenvalue weighted by atomic mass is 10.2. The zero-order chi connectivity index (χ0) is 11.3. The zero-order valence-electron chi connectivity index (χ0n) is 7.89. The van der Waals surface area contributed by atoms with Crippen molar-refractivity contribution in [1.29, 1.82) is 0 Å². The molecule has 1 unspecified atom stereocenters. The average Bonchev–Trinajstić information content (AvgIpc) is 2.26. The lowest BCUT2D eigenvalue weighted by Crippen LogP contribution is -2.21. The van der Waals surface area contributed by atoms with Crippen molar-refractivity contribution in [2.45, 2.75) is 6.10 Å². The first-order chi connectivity index (χ1) is 7.19. The number of aliphatic hydroxyl groups is 2. The van der Waals surface area contributed by atoms with Crippen molar-refractivity contribution in [3.05, 3.63) is 28.2 Å². The molecule has 15 heavy (non-hydrogen) atoms. The lowest BCUT2D eigenvalue weighted by Gasteiger charge is -2.12. The van der Waals surface area contributed by atoms with E-state index in [0.717, 1.165) is 0 Å². The second-order valence-electron chi connectivity index (χ2n) is 2.92. The average molecular weight is 275 g/mol. The predicted molar refractivity (Wildman–Crippen MR) is 58.1 cm³/mol. The van der Waals surface area contributed by atoms with Gasteiger partial charge in [-0.1, -0.05) is 6.07 Å². The van der Waals surface area contributed by atoms with Gasteiger partial charge in [-0.25, -0.2) is 0 Å². The van der Waals surface area contributed by atoms with E-state index in [4.69, 9.17) is 14.9 Å². The fraction of sp³-hybridized carbons (Fsp3) is 0.300. The number of hydrogen-bond donors (Lipinski definition) is 2. The number of hydrogen-bond acceptors (Lipinski definition) is 4. The number of rotatable bonds is 5. The highest BCUT2D eigenvalue weighted by atomic mass is 79.9. The minimum absolute atomic E-state index is 0.0556. The van der Waals surface area contributed by atoms with Crippen LogP contribution in [0.5, 0.6) is 5.75 Å². The number of carbonyl (C=O) groups is 1. The van der Waals surface area contributed by atoms with Crippen LogP contribution in [-0.4, -0.2) is 35.8 Å². The number of ether oxygens (including phenoxy) is 1. The van der Waals surface area contributed by atoms with E-state index in [-0.39, 0.29) is 13.2 Å². The number of aliphatic hydroxyl groups excluding tert-OH is 2. The van der Waals surface area contributed by atoms with Gasteiger partial charge in [-0.05, 0) is 28.1 Å². The summed E-state index contributed by atoms with van der Waals surface area (Å²) in [6.07, 6.45) is -0.276. The number of halogens is 1. The van der Waals surface area contributed by atoms with E-state index >= 15 is 0 Å². The smallest absolute Gasteiger partial charge is 0.153 e. The van der Waals surface area contributed by atoms with Crippen LogP contribution in [0.2, 0.25) is 0 Å². The van der Waals surface area contributed by atoms with E-state index in [9.17, 15) is 4.79 Å². The van der Waals surface area contributed by atoms with Crippen LogP contribution in [0.4, 0.5) is 0 Å². The molecular formula is C10H11BrO4. The van der Waals surface area contributed by atoms with E-state index in [1.54, 1.807) is 18.2 Å². The molecule has 0 saturated carbocycles. The molecule has 0 aliphatic heterocycles. The molecule has 0 spiro atoms. The second-order valence-corrected chi connectivity index (χ2v) is 3.78. The van der Waals surface area contributed by atoms with Crippen molar-refractivity contribution in [2.75, 3.05) is 13.2 Å². The van der Waals surface area contributed by atoms with Gasteiger partial charge < -0.3 is 14.9 Å². The molecule has 0 bridgehead atoms. The van der Waals surface area contributed by atoms with Gasteiger partial charge in [0, 0.05) is 0 Å².